The van der Waals surface area contributed by atoms with Crippen molar-refractivity contribution < 1.29 is 14.3 Å². The predicted molar refractivity (Wildman–Crippen MR) is 104 cm³/mol. The van der Waals surface area contributed by atoms with E-state index in [4.69, 9.17) is 10.00 Å². The third-order valence-corrected chi connectivity index (χ3v) is 4.50. The van der Waals surface area contributed by atoms with Gasteiger partial charge in [-0.15, -0.1) is 0 Å². The van der Waals surface area contributed by atoms with Crippen LogP contribution in [0.25, 0.3) is 0 Å². The number of ether oxygens (including phenoxy) is 1. The summed E-state index contributed by atoms with van der Waals surface area (Å²) in [6, 6.07) is 8.86. The van der Waals surface area contributed by atoms with Crippen LogP contribution in [-0.4, -0.2) is 66.1 Å². The van der Waals surface area contributed by atoms with Crippen molar-refractivity contribution in [2.45, 2.75) is 6.54 Å². The van der Waals surface area contributed by atoms with E-state index in [-0.39, 0.29) is 23.2 Å². The van der Waals surface area contributed by atoms with Crippen molar-refractivity contribution in [1.29, 1.82) is 5.26 Å². The lowest BCUT2D eigenvalue weighted by Crippen LogP contribution is -2.41. The second-order valence-corrected chi connectivity index (χ2v) is 6.50. The minimum absolute atomic E-state index is 0.0142. The summed E-state index contributed by atoms with van der Waals surface area (Å²) in [6.07, 6.45) is 2.62. The third-order valence-electron chi connectivity index (χ3n) is 4.50. The first kappa shape index (κ1) is 20.4. The molecule has 0 radical (unpaired) electrons. The van der Waals surface area contributed by atoms with Crippen molar-refractivity contribution in [3.8, 4) is 6.07 Å². The number of amides is 2. The van der Waals surface area contributed by atoms with Crippen LogP contribution in [0.15, 0.2) is 36.7 Å². The van der Waals surface area contributed by atoms with Crippen molar-refractivity contribution in [1.82, 2.24) is 25.5 Å². The molecule has 1 saturated heterocycles. The van der Waals surface area contributed by atoms with Crippen molar-refractivity contribution >= 4 is 11.8 Å². The van der Waals surface area contributed by atoms with Gasteiger partial charge in [-0.25, -0.2) is 9.97 Å². The molecule has 0 aliphatic carbocycles. The molecule has 2 heterocycles. The van der Waals surface area contributed by atoms with Gasteiger partial charge in [0.1, 0.15) is 6.07 Å². The Morgan fingerprint density at radius 2 is 1.69 bits per heavy atom. The zero-order chi connectivity index (χ0) is 20.5. The lowest BCUT2D eigenvalue weighted by atomic mass is 10.1. The smallest absolute Gasteiger partial charge is 0.254 e. The van der Waals surface area contributed by atoms with Crippen LogP contribution < -0.4 is 10.6 Å². The van der Waals surface area contributed by atoms with E-state index in [1.165, 1.54) is 12.4 Å². The van der Waals surface area contributed by atoms with Gasteiger partial charge in [0.15, 0.2) is 0 Å². The number of nitrogens with zero attached hydrogens (tertiary/aromatic N) is 4. The number of hydrogen-bond donors (Lipinski definition) is 2. The molecule has 0 spiro atoms. The molecule has 1 fully saturated rings. The number of morpholine rings is 1. The Morgan fingerprint density at radius 3 is 2.34 bits per heavy atom. The van der Waals surface area contributed by atoms with Crippen LogP contribution in [0.4, 0.5) is 0 Å². The summed E-state index contributed by atoms with van der Waals surface area (Å²) in [4.78, 5) is 34.1. The molecule has 1 aromatic heterocycles. The molecule has 29 heavy (non-hydrogen) atoms. The Morgan fingerprint density at radius 1 is 1.03 bits per heavy atom. The van der Waals surface area contributed by atoms with E-state index < -0.39 is 0 Å². The van der Waals surface area contributed by atoms with E-state index in [0.717, 1.165) is 38.4 Å². The second-order valence-electron chi connectivity index (χ2n) is 6.50. The molecule has 1 aliphatic heterocycles. The molecule has 2 aromatic rings. The van der Waals surface area contributed by atoms with Crippen molar-refractivity contribution in [3.05, 3.63) is 59.2 Å². The number of aromatic nitrogens is 2. The summed E-state index contributed by atoms with van der Waals surface area (Å²) in [7, 11) is 0. The molecule has 1 aromatic carbocycles. The highest BCUT2D eigenvalue weighted by Crippen LogP contribution is 2.05. The molecule has 9 heteroatoms. The SMILES string of the molecule is N#Cc1ncc(C(=O)NCc2ccc(C(=O)NCCN3CCOCC3)cc2)cn1. The Bertz CT molecular complexity index is 871. The average Bonchev–Trinajstić information content (AvgIpc) is 2.78. The van der Waals surface area contributed by atoms with Crippen molar-refractivity contribution in [2.24, 2.45) is 0 Å². The van der Waals surface area contributed by atoms with Crippen LogP contribution in [0.1, 0.15) is 32.1 Å². The van der Waals surface area contributed by atoms with Crippen molar-refractivity contribution in [2.75, 3.05) is 39.4 Å². The Hall–Kier alpha value is -3.35. The third kappa shape index (κ3) is 6.07. The van der Waals surface area contributed by atoms with Crippen LogP contribution in [0, 0.1) is 11.3 Å². The largest absolute Gasteiger partial charge is 0.379 e. The molecular formula is C20H22N6O3. The number of carbonyl (C=O) groups excluding carboxylic acids is 2. The zero-order valence-corrected chi connectivity index (χ0v) is 15.9. The molecule has 0 bridgehead atoms. The van der Waals surface area contributed by atoms with Crippen LogP contribution in [-0.2, 0) is 11.3 Å². The van der Waals surface area contributed by atoms with Gasteiger partial charge >= 0.3 is 0 Å². The molecule has 0 unspecified atom stereocenters. The number of nitrogens with one attached hydrogen (secondary N) is 2. The monoisotopic (exact) mass is 394 g/mol. The fourth-order valence-electron chi connectivity index (χ4n) is 2.82. The Balaban J connectivity index is 1.43. The van der Waals surface area contributed by atoms with Crippen LogP contribution in [0.5, 0.6) is 0 Å². The van der Waals surface area contributed by atoms with E-state index in [2.05, 4.69) is 25.5 Å². The van der Waals surface area contributed by atoms with Crippen LogP contribution in [0.3, 0.4) is 0 Å². The van der Waals surface area contributed by atoms with Gasteiger partial charge in [-0.2, -0.15) is 5.26 Å². The summed E-state index contributed by atoms with van der Waals surface area (Å²) < 4.78 is 5.30. The highest BCUT2D eigenvalue weighted by molar-refractivity contribution is 5.94. The quantitative estimate of drug-likeness (QED) is 0.695. The second kappa shape index (κ2) is 10.3. The van der Waals surface area contributed by atoms with Gasteiger partial charge in [0.05, 0.1) is 18.8 Å². The molecule has 1 aliphatic rings. The maximum absolute atomic E-state index is 12.2. The van der Waals surface area contributed by atoms with Crippen molar-refractivity contribution in [3.63, 3.8) is 0 Å². The Labute approximate surface area is 168 Å². The maximum Gasteiger partial charge on any atom is 0.254 e. The van der Waals surface area contributed by atoms with Crippen LogP contribution >= 0.6 is 0 Å². The van der Waals surface area contributed by atoms with Crippen LogP contribution in [0.2, 0.25) is 0 Å². The first-order chi connectivity index (χ1) is 14.2. The van der Waals surface area contributed by atoms with Gasteiger partial charge in [-0.3, -0.25) is 14.5 Å². The first-order valence-electron chi connectivity index (χ1n) is 9.33. The summed E-state index contributed by atoms with van der Waals surface area (Å²) in [5.41, 5.74) is 1.71. The van der Waals surface area contributed by atoms with Gasteiger partial charge < -0.3 is 15.4 Å². The molecule has 150 valence electrons. The number of nitriles is 1. The highest BCUT2D eigenvalue weighted by Gasteiger charge is 2.11. The number of hydrogen-bond acceptors (Lipinski definition) is 7. The lowest BCUT2D eigenvalue weighted by Gasteiger charge is -2.26. The number of rotatable bonds is 7. The van der Waals surface area contributed by atoms with E-state index in [0.29, 0.717) is 18.7 Å². The Kier molecular flexibility index (Phi) is 7.22. The first-order valence-corrected chi connectivity index (χ1v) is 9.33. The molecular weight excluding hydrogens is 372 g/mol. The molecule has 0 atom stereocenters. The lowest BCUT2D eigenvalue weighted by molar-refractivity contribution is 0.0383. The zero-order valence-electron chi connectivity index (χ0n) is 15.9. The minimum Gasteiger partial charge on any atom is -0.379 e. The summed E-state index contributed by atoms with van der Waals surface area (Å²) in [6.45, 7) is 4.96. The maximum atomic E-state index is 12.2. The van der Waals surface area contributed by atoms with Gasteiger partial charge in [0.2, 0.25) is 5.82 Å². The predicted octanol–water partition coefficient (Wildman–Crippen LogP) is 0.340. The summed E-state index contributed by atoms with van der Waals surface area (Å²) in [5.74, 6) is -0.441. The molecule has 0 saturated carbocycles. The summed E-state index contributed by atoms with van der Waals surface area (Å²) >= 11 is 0. The fourth-order valence-corrected chi connectivity index (χ4v) is 2.82. The summed E-state index contributed by atoms with van der Waals surface area (Å²) in [5, 5.41) is 14.4. The minimum atomic E-state index is -0.334. The fraction of sp³-hybridized carbons (Fsp3) is 0.350. The molecule has 2 N–H and O–H groups in total. The van der Waals surface area contributed by atoms with Gasteiger partial charge in [0, 0.05) is 50.7 Å². The number of benzene rings is 1. The molecule has 9 nitrogen and oxygen atoms in total. The van der Waals surface area contributed by atoms with E-state index >= 15 is 0 Å². The highest BCUT2D eigenvalue weighted by atomic mass is 16.5. The van der Waals surface area contributed by atoms with E-state index in [1.807, 2.05) is 0 Å². The van der Waals surface area contributed by atoms with E-state index in [1.54, 1.807) is 30.3 Å². The molecule has 2 amide bonds. The standard InChI is InChI=1S/C20H22N6O3/c21-11-18-23-13-17(14-24-18)20(28)25-12-15-1-3-16(4-2-15)19(27)22-5-6-26-7-9-29-10-8-26/h1-4,13-14H,5-10,12H2,(H,22,27)(H,25,28). The normalized spacial score (nSPS) is 14.0. The van der Waals surface area contributed by atoms with Gasteiger partial charge in [-0.05, 0) is 17.7 Å². The topological polar surface area (TPSA) is 120 Å². The molecule has 3 rings (SSSR count). The van der Waals surface area contributed by atoms with Gasteiger partial charge in [-0.1, -0.05) is 12.1 Å². The average molecular weight is 394 g/mol. The van der Waals surface area contributed by atoms with E-state index in [9.17, 15) is 9.59 Å². The number of carbonyl (C=O) groups is 2. The van der Waals surface area contributed by atoms with Gasteiger partial charge in [0.25, 0.3) is 11.8 Å².